The Morgan fingerprint density at radius 1 is 0.907 bits per heavy atom. The molecule has 12 nitrogen and oxygen atoms in total. The molecule has 2 aromatic heterocycles. The topological polar surface area (TPSA) is 146 Å². The van der Waals surface area contributed by atoms with Gasteiger partial charge in [0.15, 0.2) is 0 Å². The van der Waals surface area contributed by atoms with Crippen LogP contribution in [-0.4, -0.2) is 82.0 Å². The molecule has 3 heterocycles. The van der Waals surface area contributed by atoms with Crippen molar-refractivity contribution in [2.45, 2.75) is 96.0 Å². The third-order valence-electron chi connectivity index (χ3n) is 9.29. The van der Waals surface area contributed by atoms with E-state index >= 15 is 0 Å². The van der Waals surface area contributed by atoms with Gasteiger partial charge in [-0.05, 0) is 49.7 Å². The van der Waals surface area contributed by atoms with Gasteiger partial charge in [-0.1, -0.05) is 74.5 Å². The van der Waals surface area contributed by atoms with Crippen LogP contribution in [0.15, 0.2) is 77.8 Å². The standard InChI is InChI=1S/C40H51N7O5S2/c1-28(2)38-43-33(26-53-38)24-46(3)39(50)45-35(18-20-47-19-10-15-36(47)48)37(49)42-31(21-29-11-6-4-7-12-29)16-17-32(22-30-13-8-5-9-14-30)44-40(51)52-25-34-23-41-27-54-34/h4-9,11-14,23,26-28,31-32,35H,10,15-22,24-25H2,1-3H3,(H,42,49)(H,44,51)(H,45,50). The van der Waals surface area contributed by atoms with Crippen LogP contribution in [-0.2, 0) is 40.3 Å². The van der Waals surface area contributed by atoms with Crippen molar-refractivity contribution in [3.8, 4) is 0 Å². The van der Waals surface area contributed by atoms with Gasteiger partial charge < -0.3 is 30.5 Å². The number of amides is 5. The Bertz CT molecular complexity index is 1770. The van der Waals surface area contributed by atoms with Crippen LogP contribution in [0.2, 0.25) is 0 Å². The Morgan fingerprint density at radius 3 is 2.15 bits per heavy atom. The molecule has 0 spiro atoms. The molecule has 1 saturated heterocycles. The minimum atomic E-state index is -0.881. The maximum Gasteiger partial charge on any atom is 0.407 e. The molecular formula is C40H51N7O5S2. The van der Waals surface area contributed by atoms with E-state index in [0.717, 1.165) is 33.1 Å². The fourth-order valence-electron chi connectivity index (χ4n) is 6.34. The zero-order valence-corrected chi connectivity index (χ0v) is 32.9. The molecule has 1 fully saturated rings. The van der Waals surface area contributed by atoms with Crippen molar-refractivity contribution in [2.75, 3.05) is 20.1 Å². The summed E-state index contributed by atoms with van der Waals surface area (Å²) in [6.45, 7) is 5.60. The Labute approximate surface area is 325 Å². The number of likely N-dealkylation sites (tertiary alicyclic amines) is 1. The van der Waals surface area contributed by atoms with Crippen molar-refractivity contribution in [3.05, 3.63) is 104 Å². The molecule has 1 aliphatic heterocycles. The number of thiazole rings is 2. The Hall–Kier alpha value is -4.82. The van der Waals surface area contributed by atoms with E-state index in [9.17, 15) is 19.2 Å². The highest BCUT2D eigenvalue weighted by Crippen LogP contribution is 2.20. The van der Waals surface area contributed by atoms with Crippen molar-refractivity contribution in [1.29, 1.82) is 0 Å². The summed E-state index contributed by atoms with van der Waals surface area (Å²) >= 11 is 2.99. The predicted octanol–water partition coefficient (Wildman–Crippen LogP) is 6.29. The van der Waals surface area contributed by atoms with Gasteiger partial charge in [0, 0.05) is 56.1 Å². The molecule has 5 rings (SSSR count). The van der Waals surface area contributed by atoms with Gasteiger partial charge in [-0.3, -0.25) is 14.6 Å². The summed E-state index contributed by atoms with van der Waals surface area (Å²) in [4.78, 5) is 66.0. The first-order valence-electron chi connectivity index (χ1n) is 18.6. The Balaban J connectivity index is 1.28. The number of carbonyl (C=O) groups excluding carboxylic acids is 4. The normalized spacial score (nSPS) is 14.4. The lowest BCUT2D eigenvalue weighted by molar-refractivity contribution is -0.129. The summed E-state index contributed by atoms with van der Waals surface area (Å²) in [5.74, 6) is 0.0312. The molecule has 14 heteroatoms. The first-order valence-corrected chi connectivity index (χ1v) is 20.3. The van der Waals surface area contributed by atoms with Crippen LogP contribution < -0.4 is 16.0 Å². The van der Waals surface area contributed by atoms with E-state index in [1.54, 1.807) is 35.0 Å². The number of aromatic nitrogens is 2. The molecule has 1 aliphatic rings. The number of alkyl carbamates (subject to hydrolysis) is 1. The number of ether oxygens (including phenoxy) is 1. The Morgan fingerprint density at radius 2 is 1.57 bits per heavy atom. The van der Waals surface area contributed by atoms with Crippen molar-refractivity contribution in [2.24, 2.45) is 0 Å². The molecular weight excluding hydrogens is 723 g/mol. The summed E-state index contributed by atoms with van der Waals surface area (Å²) in [7, 11) is 1.68. The number of nitrogens with one attached hydrogen (secondary N) is 3. The fourth-order valence-corrected chi connectivity index (χ4v) is 7.67. The summed E-state index contributed by atoms with van der Waals surface area (Å²) < 4.78 is 5.51. The van der Waals surface area contributed by atoms with Crippen molar-refractivity contribution in [3.63, 3.8) is 0 Å². The van der Waals surface area contributed by atoms with E-state index in [1.807, 2.05) is 66.0 Å². The average Bonchev–Trinajstić information content (AvgIpc) is 3.95. The molecule has 3 unspecified atom stereocenters. The third kappa shape index (κ3) is 12.9. The molecule has 288 valence electrons. The molecule has 3 N–H and O–H groups in total. The van der Waals surface area contributed by atoms with E-state index in [-0.39, 0.29) is 36.9 Å². The number of hydrogen-bond acceptors (Lipinski definition) is 9. The second-order valence-electron chi connectivity index (χ2n) is 14.0. The zero-order chi connectivity index (χ0) is 38.3. The largest absolute Gasteiger partial charge is 0.444 e. The smallest absolute Gasteiger partial charge is 0.407 e. The van der Waals surface area contributed by atoms with Gasteiger partial charge in [0.1, 0.15) is 12.6 Å². The van der Waals surface area contributed by atoms with Crippen LogP contribution in [0, 0.1) is 0 Å². The monoisotopic (exact) mass is 773 g/mol. The van der Waals surface area contributed by atoms with E-state index < -0.39 is 18.2 Å². The number of carbonyl (C=O) groups is 4. The van der Waals surface area contributed by atoms with Crippen molar-refractivity contribution < 1.29 is 23.9 Å². The number of hydrogen-bond donors (Lipinski definition) is 3. The molecule has 5 amide bonds. The highest BCUT2D eigenvalue weighted by molar-refractivity contribution is 7.09. The van der Waals surface area contributed by atoms with Crippen LogP contribution in [0.1, 0.15) is 78.6 Å². The van der Waals surface area contributed by atoms with Crippen LogP contribution >= 0.6 is 22.7 Å². The quantitative estimate of drug-likeness (QED) is 0.102. The number of urea groups is 1. The minimum absolute atomic E-state index is 0.0617. The predicted molar refractivity (Wildman–Crippen MR) is 211 cm³/mol. The summed E-state index contributed by atoms with van der Waals surface area (Å²) in [6, 6.07) is 18.0. The molecule has 3 atom stereocenters. The van der Waals surface area contributed by atoms with E-state index in [2.05, 4.69) is 39.8 Å². The Kier molecular flexibility index (Phi) is 15.4. The SMILES string of the molecule is CC(C)c1nc(CN(C)C(=O)NC(CCN2CCCC2=O)C(=O)NC(CCC(Cc2ccccc2)NC(=O)OCc2cncs2)Cc2ccccc2)cs1. The fraction of sp³-hybridized carbons (Fsp3) is 0.450. The van der Waals surface area contributed by atoms with Crippen molar-refractivity contribution >= 4 is 46.6 Å². The molecule has 2 aromatic carbocycles. The van der Waals surface area contributed by atoms with Crippen molar-refractivity contribution in [1.82, 2.24) is 35.7 Å². The van der Waals surface area contributed by atoms with E-state index in [4.69, 9.17) is 4.74 Å². The molecule has 4 aromatic rings. The third-order valence-corrected chi connectivity index (χ3v) is 11.2. The minimum Gasteiger partial charge on any atom is -0.444 e. The molecule has 0 aliphatic carbocycles. The van der Waals surface area contributed by atoms with Crippen LogP contribution in [0.5, 0.6) is 0 Å². The average molecular weight is 774 g/mol. The lowest BCUT2D eigenvalue weighted by Crippen LogP contribution is -2.53. The number of benzene rings is 2. The van der Waals surface area contributed by atoms with Gasteiger partial charge >= 0.3 is 12.1 Å². The van der Waals surface area contributed by atoms with Gasteiger partial charge in [-0.25, -0.2) is 14.6 Å². The maximum atomic E-state index is 14.2. The second kappa shape index (κ2) is 20.6. The maximum absolute atomic E-state index is 14.2. The van der Waals surface area contributed by atoms with Gasteiger partial charge in [-0.2, -0.15) is 0 Å². The molecule has 0 radical (unpaired) electrons. The number of nitrogens with zero attached hydrogens (tertiary/aromatic N) is 4. The highest BCUT2D eigenvalue weighted by atomic mass is 32.1. The van der Waals surface area contributed by atoms with Gasteiger partial charge in [0.25, 0.3) is 0 Å². The van der Waals surface area contributed by atoms with Crippen LogP contribution in [0.4, 0.5) is 9.59 Å². The van der Waals surface area contributed by atoms with E-state index in [1.165, 1.54) is 16.2 Å². The lowest BCUT2D eigenvalue weighted by atomic mass is 9.95. The highest BCUT2D eigenvalue weighted by Gasteiger charge is 2.28. The first-order chi connectivity index (χ1) is 26.1. The summed E-state index contributed by atoms with van der Waals surface area (Å²) in [6.07, 6.45) is 4.93. The lowest BCUT2D eigenvalue weighted by Gasteiger charge is -2.28. The van der Waals surface area contributed by atoms with Gasteiger partial charge in [0.05, 0.1) is 27.6 Å². The van der Waals surface area contributed by atoms with E-state index in [0.29, 0.717) is 57.7 Å². The molecule has 0 bridgehead atoms. The second-order valence-corrected chi connectivity index (χ2v) is 15.9. The summed E-state index contributed by atoms with van der Waals surface area (Å²) in [5.41, 5.74) is 4.60. The van der Waals surface area contributed by atoms with Crippen LogP contribution in [0.25, 0.3) is 0 Å². The molecule has 0 saturated carbocycles. The van der Waals surface area contributed by atoms with Gasteiger partial charge in [0.2, 0.25) is 11.8 Å². The zero-order valence-electron chi connectivity index (χ0n) is 31.2. The first kappa shape index (κ1) is 40.4. The summed E-state index contributed by atoms with van der Waals surface area (Å²) in [5, 5.41) is 12.2. The number of rotatable bonds is 19. The van der Waals surface area contributed by atoms with Crippen LogP contribution in [0.3, 0.4) is 0 Å². The molecule has 54 heavy (non-hydrogen) atoms. The van der Waals surface area contributed by atoms with Gasteiger partial charge in [-0.15, -0.1) is 22.7 Å².